The average Bonchev–Trinajstić information content (AvgIpc) is 2.62. The third-order valence-electron chi connectivity index (χ3n) is 1.77. The average molecular weight is 213 g/mol. The molecule has 1 amide bonds. The molecule has 1 aromatic rings. The zero-order chi connectivity index (χ0) is 11.1. The summed E-state index contributed by atoms with van der Waals surface area (Å²) >= 11 is 0. The van der Waals surface area contributed by atoms with E-state index in [1.165, 1.54) is 0 Å². The lowest BCUT2D eigenvalue weighted by Gasteiger charge is -2.02. The van der Waals surface area contributed by atoms with Crippen molar-refractivity contribution in [3.63, 3.8) is 0 Å². The highest BCUT2D eigenvalue weighted by atomic mass is 16.5. The summed E-state index contributed by atoms with van der Waals surface area (Å²) in [4.78, 5) is 15.1. The Labute approximate surface area is 87.4 Å². The van der Waals surface area contributed by atoms with Gasteiger partial charge < -0.3 is 15.8 Å². The summed E-state index contributed by atoms with van der Waals surface area (Å²) in [5, 5.41) is 9.00. The van der Waals surface area contributed by atoms with Crippen molar-refractivity contribution in [2.24, 2.45) is 0 Å². The smallest absolute Gasteiger partial charge is 0.239 e. The van der Waals surface area contributed by atoms with Crippen LogP contribution in [0.4, 0.5) is 5.95 Å². The summed E-state index contributed by atoms with van der Waals surface area (Å²) in [5.41, 5.74) is 5.31. The van der Waals surface area contributed by atoms with E-state index in [1.54, 1.807) is 7.11 Å². The summed E-state index contributed by atoms with van der Waals surface area (Å²) in [6, 6.07) is 0. The topological polar surface area (TPSA) is 106 Å². The number of nitrogen functional groups attached to an aromatic ring is 1. The van der Waals surface area contributed by atoms with Gasteiger partial charge in [0.1, 0.15) is 5.82 Å². The standard InChI is InChI=1S/C8H15N5O2/c1-15-5-4-10-7(14)3-2-6-11-8(9)13-12-6/h2-5H2,1H3,(H,10,14)(H3,9,11,12,13). The van der Waals surface area contributed by atoms with E-state index in [1.807, 2.05) is 0 Å². The lowest BCUT2D eigenvalue weighted by atomic mass is 10.3. The van der Waals surface area contributed by atoms with Crippen LogP contribution >= 0.6 is 0 Å². The predicted molar refractivity (Wildman–Crippen MR) is 54.0 cm³/mol. The molecule has 7 nitrogen and oxygen atoms in total. The first-order chi connectivity index (χ1) is 7.22. The first-order valence-corrected chi connectivity index (χ1v) is 4.64. The molecule has 0 aliphatic carbocycles. The maximum atomic E-state index is 11.2. The van der Waals surface area contributed by atoms with Gasteiger partial charge in [-0.25, -0.2) is 0 Å². The molecule has 1 rings (SSSR count). The zero-order valence-corrected chi connectivity index (χ0v) is 8.62. The Kier molecular flexibility index (Phi) is 4.55. The predicted octanol–water partition coefficient (Wildman–Crippen LogP) is -0.918. The van der Waals surface area contributed by atoms with Gasteiger partial charge in [0.15, 0.2) is 0 Å². The molecule has 7 heteroatoms. The zero-order valence-electron chi connectivity index (χ0n) is 8.62. The normalized spacial score (nSPS) is 10.2. The van der Waals surface area contributed by atoms with Crippen molar-refractivity contribution in [1.82, 2.24) is 20.5 Å². The second kappa shape index (κ2) is 5.97. The summed E-state index contributed by atoms with van der Waals surface area (Å²) < 4.78 is 4.80. The summed E-state index contributed by atoms with van der Waals surface area (Å²) in [5.74, 6) is 0.779. The SMILES string of the molecule is COCCNC(=O)CCc1nc(N)n[nH]1. The number of aromatic amines is 1. The molecule has 0 unspecified atom stereocenters. The van der Waals surface area contributed by atoms with Crippen molar-refractivity contribution in [1.29, 1.82) is 0 Å². The summed E-state index contributed by atoms with van der Waals surface area (Å²) in [6.07, 6.45) is 0.862. The molecule has 0 bridgehead atoms. The molecule has 1 aromatic heterocycles. The number of anilines is 1. The number of hydrogen-bond donors (Lipinski definition) is 3. The quantitative estimate of drug-likeness (QED) is 0.530. The molecule has 0 saturated carbocycles. The Morgan fingerprint density at radius 1 is 1.67 bits per heavy atom. The number of carbonyl (C=O) groups excluding carboxylic acids is 1. The van der Waals surface area contributed by atoms with Crippen molar-refractivity contribution < 1.29 is 9.53 Å². The van der Waals surface area contributed by atoms with Crippen molar-refractivity contribution in [3.05, 3.63) is 5.82 Å². The van der Waals surface area contributed by atoms with Crippen molar-refractivity contribution in [3.8, 4) is 0 Å². The van der Waals surface area contributed by atoms with E-state index in [2.05, 4.69) is 20.5 Å². The number of aromatic nitrogens is 3. The van der Waals surface area contributed by atoms with Gasteiger partial charge in [-0.3, -0.25) is 9.89 Å². The number of nitrogens with one attached hydrogen (secondary N) is 2. The molecule has 0 radical (unpaired) electrons. The van der Waals surface area contributed by atoms with Crippen LogP contribution in [0.3, 0.4) is 0 Å². The molecule has 0 saturated heterocycles. The van der Waals surface area contributed by atoms with Gasteiger partial charge >= 0.3 is 0 Å². The molecule has 0 aliphatic heterocycles. The number of hydrogen-bond acceptors (Lipinski definition) is 5. The van der Waals surface area contributed by atoms with Crippen LogP contribution in [0.2, 0.25) is 0 Å². The fourth-order valence-corrected chi connectivity index (χ4v) is 1.03. The highest BCUT2D eigenvalue weighted by Crippen LogP contribution is 1.97. The van der Waals surface area contributed by atoms with E-state index in [0.29, 0.717) is 31.8 Å². The van der Waals surface area contributed by atoms with E-state index < -0.39 is 0 Å². The number of rotatable bonds is 6. The van der Waals surface area contributed by atoms with Gasteiger partial charge in [0.25, 0.3) is 0 Å². The number of nitrogens with zero attached hydrogens (tertiary/aromatic N) is 2. The number of aryl methyl sites for hydroxylation is 1. The Morgan fingerprint density at radius 2 is 2.47 bits per heavy atom. The van der Waals surface area contributed by atoms with E-state index in [4.69, 9.17) is 10.5 Å². The van der Waals surface area contributed by atoms with Crippen LogP contribution < -0.4 is 11.1 Å². The highest BCUT2D eigenvalue weighted by molar-refractivity contribution is 5.75. The van der Waals surface area contributed by atoms with Crippen LogP contribution in [0, 0.1) is 0 Å². The minimum Gasteiger partial charge on any atom is -0.383 e. The molecular formula is C8H15N5O2. The highest BCUT2D eigenvalue weighted by Gasteiger charge is 2.04. The molecule has 15 heavy (non-hydrogen) atoms. The van der Waals surface area contributed by atoms with Crippen LogP contribution in [0.15, 0.2) is 0 Å². The Balaban J connectivity index is 2.16. The lowest BCUT2D eigenvalue weighted by molar-refractivity contribution is -0.121. The van der Waals surface area contributed by atoms with Crippen LogP contribution in [0.5, 0.6) is 0 Å². The number of H-pyrrole nitrogens is 1. The van der Waals surface area contributed by atoms with E-state index >= 15 is 0 Å². The first kappa shape index (κ1) is 11.4. The second-order valence-electron chi connectivity index (χ2n) is 2.98. The fourth-order valence-electron chi connectivity index (χ4n) is 1.03. The van der Waals surface area contributed by atoms with Crippen molar-refractivity contribution in [2.75, 3.05) is 26.0 Å². The number of amides is 1. The van der Waals surface area contributed by atoms with Gasteiger partial charge in [0, 0.05) is 26.5 Å². The van der Waals surface area contributed by atoms with E-state index in [0.717, 1.165) is 0 Å². The molecule has 1 heterocycles. The monoisotopic (exact) mass is 213 g/mol. The molecule has 4 N–H and O–H groups in total. The van der Waals surface area contributed by atoms with Gasteiger partial charge in [-0.1, -0.05) is 0 Å². The van der Waals surface area contributed by atoms with Gasteiger partial charge in [0.2, 0.25) is 11.9 Å². The number of nitrogens with two attached hydrogens (primary N) is 1. The van der Waals surface area contributed by atoms with Crippen LogP contribution in [-0.2, 0) is 16.0 Å². The van der Waals surface area contributed by atoms with Crippen molar-refractivity contribution in [2.45, 2.75) is 12.8 Å². The minimum absolute atomic E-state index is 0.0398. The van der Waals surface area contributed by atoms with Crippen LogP contribution in [0.1, 0.15) is 12.2 Å². The summed E-state index contributed by atoms with van der Waals surface area (Å²) in [6.45, 7) is 1.04. The molecular weight excluding hydrogens is 198 g/mol. The Morgan fingerprint density at radius 3 is 3.07 bits per heavy atom. The number of methoxy groups -OCH3 is 1. The Hall–Kier alpha value is -1.63. The second-order valence-corrected chi connectivity index (χ2v) is 2.98. The lowest BCUT2D eigenvalue weighted by Crippen LogP contribution is -2.27. The maximum absolute atomic E-state index is 11.2. The molecule has 0 aliphatic rings. The number of ether oxygens (including phenoxy) is 1. The largest absolute Gasteiger partial charge is 0.383 e. The fraction of sp³-hybridized carbons (Fsp3) is 0.625. The first-order valence-electron chi connectivity index (χ1n) is 4.64. The minimum atomic E-state index is -0.0398. The molecule has 0 aromatic carbocycles. The van der Waals surface area contributed by atoms with Crippen LogP contribution in [0.25, 0.3) is 0 Å². The van der Waals surface area contributed by atoms with E-state index in [-0.39, 0.29) is 11.9 Å². The van der Waals surface area contributed by atoms with Gasteiger partial charge in [0.05, 0.1) is 6.61 Å². The third kappa shape index (κ3) is 4.41. The van der Waals surface area contributed by atoms with Gasteiger partial charge in [-0.15, -0.1) is 5.10 Å². The molecule has 84 valence electrons. The molecule has 0 spiro atoms. The van der Waals surface area contributed by atoms with Gasteiger partial charge in [-0.05, 0) is 0 Å². The van der Waals surface area contributed by atoms with Crippen molar-refractivity contribution >= 4 is 11.9 Å². The van der Waals surface area contributed by atoms with Gasteiger partial charge in [-0.2, -0.15) is 4.98 Å². The molecule has 0 atom stereocenters. The Bertz CT molecular complexity index is 312. The maximum Gasteiger partial charge on any atom is 0.239 e. The molecule has 0 fully saturated rings. The van der Waals surface area contributed by atoms with E-state index in [9.17, 15) is 4.79 Å². The third-order valence-corrected chi connectivity index (χ3v) is 1.77. The summed E-state index contributed by atoms with van der Waals surface area (Å²) in [7, 11) is 1.59. The van der Waals surface area contributed by atoms with Crippen LogP contribution in [-0.4, -0.2) is 41.3 Å². The number of carbonyl (C=O) groups is 1.